The molecule has 35 heavy (non-hydrogen) atoms. The van der Waals surface area contributed by atoms with Crippen LogP contribution in [0.25, 0.3) is 0 Å². The highest BCUT2D eigenvalue weighted by Crippen LogP contribution is 2.41. The van der Waals surface area contributed by atoms with E-state index in [4.69, 9.17) is 15.2 Å². The van der Waals surface area contributed by atoms with Gasteiger partial charge in [-0.05, 0) is 42.0 Å². The minimum absolute atomic E-state index is 0.0769. The van der Waals surface area contributed by atoms with Gasteiger partial charge in [0.05, 0.1) is 25.7 Å². The lowest BCUT2D eigenvalue weighted by atomic mass is 9.82. The van der Waals surface area contributed by atoms with Gasteiger partial charge in [-0.2, -0.15) is 5.26 Å². The van der Waals surface area contributed by atoms with E-state index in [1.807, 2.05) is 6.07 Å². The van der Waals surface area contributed by atoms with Crippen LogP contribution in [-0.2, 0) is 23.8 Å². The standard InChI is InChI=1S/C24H21FN4O6/c1-33-19(30)11-18-21(23(31)34-2)20(17(12-26)22(27)35-18)13-4-3-5-16(10-13)29-24(32)28-15-8-6-14(25)7-9-15/h3-10,20H,11,27H2,1-2H3,(H2,28,29,32). The number of nitriles is 1. The number of benzene rings is 2. The number of ether oxygens (including phenoxy) is 3. The molecule has 0 aromatic heterocycles. The van der Waals surface area contributed by atoms with Crippen LogP contribution in [0.4, 0.5) is 20.6 Å². The molecule has 11 heteroatoms. The van der Waals surface area contributed by atoms with Gasteiger partial charge < -0.3 is 30.6 Å². The number of hydrogen-bond acceptors (Lipinski definition) is 8. The highest BCUT2D eigenvalue weighted by atomic mass is 19.1. The maximum absolute atomic E-state index is 13.1. The smallest absolute Gasteiger partial charge is 0.338 e. The Kier molecular flexibility index (Phi) is 7.68. The molecule has 0 fully saturated rings. The van der Waals surface area contributed by atoms with Crippen molar-refractivity contribution in [1.29, 1.82) is 5.26 Å². The third-order valence-corrected chi connectivity index (χ3v) is 5.01. The van der Waals surface area contributed by atoms with Gasteiger partial charge in [-0.1, -0.05) is 12.1 Å². The summed E-state index contributed by atoms with van der Waals surface area (Å²) in [7, 11) is 2.32. The van der Waals surface area contributed by atoms with Crippen molar-refractivity contribution in [3.63, 3.8) is 0 Å². The molecule has 0 saturated heterocycles. The van der Waals surface area contributed by atoms with Crippen molar-refractivity contribution in [3.05, 3.63) is 82.7 Å². The Labute approximate surface area is 199 Å². The SMILES string of the molecule is COC(=O)CC1=C(C(=O)OC)C(c2cccc(NC(=O)Nc3ccc(F)cc3)c2)C(C#N)=C(N)O1. The largest absolute Gasteiger partial charge is 0.469 e. The van der Waals surface area contributed by atoms with Crippen LogP contribution in [0.2, 0.25) is 0 Å². The van der Waals surface area contributed by atoms with Gasteiger partial charge in [0.2, 0.25) is 5.88 Å². The summed E-state index contributed by atoms with van der Waals surface area (Å²) >= 11 is 0. The second-order valence-corrected chi connectivity index (χ2v) is 7.22. The van der Waals surface area contributed by atoms with Gasteiger partial charge in [0.1, 0.15) is 29.6 Å². The molecule has 0 radical (unpaired) electrons. The Morgan fingerprint density at radius 2 is 1.77 bits per heavy atom. The molecule has 3 rings (SSSR count). The van der Waals surface area contributed by atoms with Crippen LogP contribution in [0.15, 0.2) is 71.3 Å². The predicted octanol–water partition coefficient (Wildman–Crippen LogP) is 3.27. The van der Waals surface area contributed by atoms with Crippen molar-refractivity contribution in [2.45, 2.75) is 12.3 Å². The Morgan fingerprint density at radius 1 is 1.09 bits per heavy atom. The second-order valence-electron chi connectivity index (χ2n) is 7.22. The lowest BCUT2D eigenvalue weighted by molar-refractivity contribution is -0.140. The number of nitrogens with one attached hydrogen (secondary N) is 2. The normalized spacial score (nSPS) is 15.0. The molecule has 1 heterocycles. The summed E-state index contributed by atoms with van der Waals surface area (Å²) in [5.74, 6) is -3.40. The van der Waals surface area contributed by atoms with Gasteiger partial charge in [0, 0.05) is 11.4 Å². The molecule has 4 N–H and O–H groups in total. The Balaban J connectivity index is 1.97. The molecule has 2 aromatic rings. The maximum Gasteiger partial charge on any atom is 0.338 e. The van der Waals surface area contributed by atoms with Crippen LogP contribution < -0.4 is 16.4 Å². The molecule has 2 aromatic carbocycles. The fourth-order valence-corrected chi connectivity index (χ4v) is 3.44. The Hall–Kier alpha value is -4.85. The number of rotatable bonds is 6. The molecule has 1 unspecified atom stereocenters. The summed E-state index contributed by atoms with van der Waals surface area (Å²) in [6.45, 7) is 0. The van der Waals surface area contributed by atoms with Crippen molar-refractivity contribution in [1.82, 2.24) is 0 Å². The van der Waals surface area contributed by atoms with Crippen LogP contribution in [0.3, 0.4) is 0 Å². The highest BCUT2D eigenvalue weighted by Gasteiger charge is 2.38. The number of carbonyl (C=O) groups excluding carboxylic acids is 3. The first-order valence-corrected chi connectivity index (χ1v) is 10.2. The fourth-order valence-electron chi connectivity index (χ4n) is 3.44. The maximum atomic E-state index is 13.1. The predicted molar refractivity (Wildman–Crippen MR) is 122 cm³/mol. The average Bonchev–Trinajstić information content (AvgIpc) is 2.84. The van der Waals surface area contributed by atoms with E-state index < -0.39 is 36.1 Å². The first-order chi connectivity index (χ1) is 16.8. The minimum Gasteiger partial charge on any atom is -0.469 e. The molecule has 180 valence electrons. The summed E-state index contributed by atoms with van der Waals surface area (Å²) in [6.07, 6.45) is -0.422. The summed E-state index contributed by atoms with van der Waals surface area (Å²) < 4.78 is 28.0. The lowest BCUT2D eigenvalue weighted by Gasteiger charge is -2.27. The summed E-state index contributed by atoms with van der Waals surface area (Å²) in [4.78, 5) is 37.0. The quantitative estimate of drug-likeness (QED) is 0.533. The minimum atomic E-state index is -1.04. The van der Waals surface area contributed by atoms with Gasteiger partial charge in [0.15, 0.2) is 0 Å². The van der Waals surface area contributed by atoms with E-state index in [0.29, 0.717) is 16.9 Å². The third-order valence-electron chi connectivity index (χ3n) is 5.01. The number of anilines is 2. The number of nitrogens with zero attached hydrogens (tertiary/aromatic N) is 1. The number of allylic oxidation sites excluding steroid dienone is 1. The Morgan fingerprint density at radius 3 is 2.40 bits per heavy atom. The highest BCUT2D eigenvalue weighted by molar-refractivity contribution is 6.00. The molecule has 0 spiro atoms. The number of urea groups is 1. The average molecular weight is 480 g/mol. The zero-order valence-electron chi connectivity index (χ0n) is 18.8. The van der Waals surface area contributed by atoms with Crippen molar-refractivity contribution in [2.24, 2.45) is 5.73 Å². The van der Waals surface area contributed by atoms with E-state index >= 15 is 0 Å². The molecular formula is C24H21FN4O6. The molecule has 0 aliphatic carbocycles. The van der Waals surface area contributed by atoms with Gasteiger partial charge in [-0.3, -0.25) is 4.79 Å². The molecule has 2 amide bonds. The molecule has 10 nitrogen and oxygen atoms in total. The first kappa shape index (κ1) is 24.8. The van der Waals surface area contributed by atoms with E-state index in [9.17, 15) is 24.0 Å². The number of methoxy groups -OCH3 is 2. The lowest BCUT2D eigenvalue weighted by Crippen LogP contribution is -2.27. The first-order valence-electron chi connectivity index (χ1n) is 10.2. The molecule has 1 aliphatic rings. The van der Waals surface area contributed by atoms with Crippen molar-refractivity contribution >= 4 is 29.3 Å². The molecular weight excluding hydrogens is 459 g/mol. The topological polar surface area (TPSA) is 153 Å². The summed E-state index contributed by atoms with van der Waals surface area (Å²) in [6, 6.07) is 12.9. The Bertz CT molecular complexity index is 1260. The monoisotopic (exact) mass is 480 g/mol. The number of nitrogens with two attached hydrogens (primary N) is 1. The molecule has 0 bridgehead atoms. The number of halogens is 1. The van der Waals surface area contributed by atoms with Crippen LogP contribution in [0.5, 0.6) is 0 Å². The molecule has 0 saturated carbocycles. The second kappa shape index (κ2) is 10.8. The van der Waals surface area contributed by atoms with E-state index in [1.165, 1.54) is 37.4 Å². The van der Waals surface area contributed by atoms with E-state index in [2.05, 4.69) is 15.4 Å². The number of amides is 2. The van der Waals surface area contributed by atoms with Crippen LogP contribution in [-0.4, -0.2) is 32.2 Å². The van der Waals surface area contributed by atoms with E-state index in [-0.39, 0.29) is 22.8 Å². The summed E-state index contributed by atoms with van der Waals surface area (Å²) in [5, 5.41) is 14.9. The number of hydrogen-bond donors (Lipinski definition) is 3. The van der Waals surface area contributed by atoms with Crippen LogP contribution in [0.1, 0.15) is 17.9 Å². The van der Waals surface area contributed by atoms with Crippen molar-refractivity contribution in [3.8, 4) is 6.07 Å². The van der Waals surface area contributed by atoms with Crippen LogP contribution in [0, 0.1) is 17.1 Å². The van der Waals surface area contributed by atoms with Gasteiger partial charge in [-0.25, -0.2) is 14.0 Å². The number of carbonyl (C=O) groups is 3. The van der Waals surface area contributed by atoms with Crippen molar-refractivity contribution in [2.75, 3.05) is 24.9 Å². The van der Waals surface area contributed by atoms with Gasteiger partial charge in [0.25, 0.3) is 0 Å². The zero-order valence-corrected chi connectivity index (χ0v) is 18.8. The van der Waals surface area contributed by atoms with Gasteiger partial charge in [-0.15, -0.1) is 0 Å². The van der Waals surface area contributed by atoms with E-state index in [1.54, 1.807) is 18.2 Å². The van der Waals surface area contributed by atoms with Crippen molar-refractivity contribution < 1.29 is 33.0 Å². The molecule has 1 atom stereocenters. The van der Waals surface area contributed by atoms with Gasteiger partial charge >= 0.3 is 18.0 Å². The van der Waals surface area contributed by atoms with E-state index in [0.717, 1.165) is 7.11 Å². The van der Waals surface area contributed by atoms with Crippen LogP contribution >= 0.6 is 0 Å². The fraction of sp³-hybridized carbons (Fsp3) is 0.167. The molecule has 1 aliphatic heterocycles. The summed E-state index contributed by atoms with van der Waals surface area (Å²) in [5.41, 5.74) is 6.85. The third kappa shape index (κ3) is 5.75. The zero-order chi connectivity index (χ0) is 25.5. The number of esters is 2.